The number of ether oxygens (including phenoxy) is 2. The molecular weight excluding hydrogens is 228 g/mol. The molecular formula is C15H22O3. The average Bonchev–Trinajstić information content (AvgIpc) is 2.41. The molecule has 0 saturated heterocycles. The molecule has 0 saturated carbocycles. The van der Waals surface area contributed by atoms with Gasteiger partial charge in [-0.2, -0.15) is 0 Å². The van der Waals surface area contributed by atoms with Crippen molar-refractivity contribution in [2.45, 2.75) is 25.7 Å². The molecule has 0 unspecified atom stereocenters. The Labute approximate surface area is 109 Å². The molecule has 0 aliphatic rings. The van der Waals surface area contributed by atoms with Gasteiger partial charge >= 0.3 is 0 Å². The number of hydrogen-bond donors (Lipinski definition) is 1. The van der Waals surface area contributed by atoms with E-state index >= 15 is 0 Å². The predicted octanol–water partition coefficient (Wildman–Crippen LogP) is 3.24. The molecule has 0 spiro atoms. The van der Waals surface area contributed by atoms with Crippen LogP contribution in [0.3, 0.4) is 0 Å². The molecule has 100 valence electrons. The van der Waals surface area contributed by atoms with E-state index in [1.54, 1.807) is 7.11 Å². The number of benzene rings is 1. The Bertz CT molecular complexity index is 347. The number of hydrogen-bond acceptors (Lipinski definition) is 3. The lowest BCUT2D eigenvalue weighted by atomic mass is 10.1. The Kier molecular flexibility index (Phi) is 7.93. The van der Waals surface area contributed by atoms with E-state index in [2.05, 4.69) is 12.2 Å². The molecule has 18 heavy (non-hydrogen) atoms. The minimum Gasteiger partial charge on any atom is -0.467 e. The highest BCUT2D eigenvalue weighted by Crippen LogP contribution is 2.19. The van der Waals surface area contributed by atoms with Crippen molar-refractivity contribution in [3.8, 4) is 5.75 Å². The van der Waals surface area contributed by atoms with Gasteiger partial charge in [-0.15, -0.1) is 0 Å². The summed E-state index contributed by atoms with van der Waals surface area (Å²) in [5, 5.41) is 8.67. The van der Waals surface area contributed by atoms with Gasteiger partial charge < -0.3 is 14.6 Å². The van der Waals surface area contributed by atoms with Gasteiger partial charge in [0.1, 0.15) is 5.75 Å². The zero-order valence-electron chi connectivity index (χ0n) is 11.0. The minimum atomic E-state index is 0.265. The van der Waals surface area contributed by atoms with E-state index in [0.29, 0.717) is 0 Å². The maximum atomic E-state index is 8.67. The number of allylic oxidation sites excluding steroid dienone is 1. The van der Waals surface area contributed by atoms with Crippen LogP contribution in [0.25, 0.3) is 6.08 Å². The Hall–Kier alpha value is -1.32. The first-order chi connectivity index (χ1) is 8.88. The maximum Gasteiger partial charge on any atom is 0.188 e. The third-order valence-electron chi connectivity index (χ3n) is 2.58. The van der Waals surface area contributed by atoms with Gasteiger partial charge in [0.25, 0.3) is 0 Å². The van der Waals surface area contributed by atoms with Gasteiger partial charge in [-0.05, 0) is 25.3 Å². The standard InChI is InChI=1S/C15H22O3/c1-17-13-18-15-11-7-6-10-14(15)9-5-3-2-4-8-12-16/h5-7,9-11,16H,2-4,8,12-13H2,1H3/b9-5+. The van der Waals surface area contributed by atoms with Gasteiger partial charge in [0.15, 0.2) is 6.79 Å². The molecule has 3 heteroatoms. The molecule has 0 atom stereocenters. The molecule has 0 amide bonds. The van der Waals surface area contributed by atoms with Crippen molar-refractivity contribution in [2.24, 2.45) is 0 Å². The van der Waals surface area contributed by atoms with E-state index in [-0.39, 0.29) is 13.4 Å². The first-order valence-corrected chi connectivity index (χ1v) is 6.36. The van der Waals surface area contributed by atoms with Crippen molar-refractivity contribution in [1.82, 2.24) is 0 Å². The zero-order chi connectivity index (χ0) is 13.1. The topological polar surface area (TPSA) is 38.7 Å². The van der Waals surface area contributed by atoms with Crippen LogP contribution < -0.4 is 4.74 Å². The van der Waals surface area contributed by atoms with Crippen LogP contribution in [0.5, 0.6) is 5.75 Å². The highest BCUT2D eigenvalue weighted by atomic mass is 16.7. The van der Waals surface area contributed by atoms with E-state index in [1.807, 2.05) is 24.3 Å². The van der Waals surface area contributed by atoms with Gasteiger partial charge in [-0.3, -0.25) is 0 Å². The van der Waals surface area contributed by atoms with E-state index in [4.69, 9.17) is 14.6 Å². The van der Waals surface area contributed by atoms with Gasteiger partial charge in [-0.1, -0.05) is 36.8 Å². The van der Waals surface area contributed by atoms with Crippen LogP contribution in [-0.2, 0) is 4.74 Å². The number of unbranched alkanes of at least 4 members (excludes halogenated alkanes) is 3. The first kappa shape index (κ1) is 14.7. The van der Waals surface area contributed by atoms with Crippen molar-refractivity contribution >= 4 is 6.08 Å². The molecule has 1 aromatic rings. The van der Waals surface area contributed by atoms with Crippen LogP contribution in [0.1, 0.15) is 31.2 Å². The van der Waals surface area contributed by atoms with Crippen LogP contribution in [0, 0.1) is 0 Å². The molecule has 0 radical (unpaired) electrons. The second-order valence-corrected chi connectivity index (χ2v) is 4.06. The van der Waals surface area contributed by atoms with Crippen molar-refractivity contribution in [1.29, 1.82) is 0 Å². The van der Waals surface area contributed by atoms with E-state index in [0.717, 1.165) is 37.0 Å². The largest absolute Gasteiger partial charge is 0.467 e. The Balaban J connectivity index is 2.42. The molecule has 1 aromatic carbocycles. The van der Waals surface area contributed by atoms with Crippen molar-refractivity contribution in [3.05, 3.63) is 35.9 Å². The molecule has 0 aliphatic heterocycles. The summed E-state index contributed by atoms with van der Waals surface area (Å²) in [6.07, 6.45) is 8.32. The Morgan fingerprint density at radius 2 is 2.00 bits per heavy atom. The van der Waals surface area contributed by atoms with Crippen LogP contribution in [0.2, 0.25) is 0 Å². The van der Waals surface area contributed by atoms with Crippen molar-refractivity contribution in [2.75, 3.05) is 20.5 Å². The lowest BCUT2D eigenvalue weighted by Gasteiger charge is -2.07. The zero-order valence-corrected chi connectivity index (χ0v) is 11.0. The third kappa shape index (κ3) is 5.84. The smallest absolute Gasteiger partial charge is 0.188 e. The van der Waals surface area contributed by atoms with Crippen LogP contribution in [0.4, 0.5) is 0 Å². The predicted molar refractivity (Wildman–Crippen MR) is 73.5 cm³/mol. The fraction of sp³-hybridized carbons (Fsp3) is 0.467. The van der Waals surface area contributed by atoms with E-state index < -0.39 is 0 Å². The van der Waals surface area contributed by atoms with Crippen molar-refractivity contribution in [3.63, 3.8) is 0 Å². The molecule has 0 bridgehead atoms. The summed E-state index contributed by atoms with van der Waals surface area (Å²) >= 11 is 0. The SMILES string of the molecule is COCOc1ccccc1/C=C/CCCCCO. The molecule has 1 N–H and O–H groups in total. The van der Waals surface area contributed by atoms with Gasteiger partial charge in [-0.25, -0.2) is 0 Å². The van der Waals surface area contributed by atoms with Crippen LogP contribution in [0.15, 0.2) is 30.3 Å². The summed E-state index contributed by atoms with van der Waals surface area (Å²) in [5.41, 5.74) is 1.07. The number of para-hydroxylation sites is 1. The summed E-state index contributed by atoms with van der Waals surface area (Å²) in [7, 11) is 1.61. The van der Waals surface area contributed by atoms with E-state index in [1.165, 1.54) is 0 Å². The fourth-order valence-corrected chi connectivity index (χ4v) is 1.63. The highest BCUT2D eigenvalue weighted by molar-refractivity contribution is 5.56. The van der Waals surface area contributed by atoms with Gasteiger partial charge in [0, 0.05) is 19.3 Å². The lowest BCUT2D eigenvalue weighted by Crippen LogP contribution is -1.99. The summed E-state index contributed by atoms with van der Waals surface area (Å²) in [6.45, 7) is 0.554. The van der Waals surface area contributed by atoms with Gasteiger partial charge in [0.05, 0.1) is 0 Å². The van der Waals surface area contributed by atoms with Crippen LogP contribution >= 0.6 is 0 Å². The second kappa shape index (κ2) is 9.68. The van der Waals surface area contributed by atoms with Crippen LogP contribution in [-0.4, -0.2) is 25.6 Å². The van der Waals surface area contributed by atoms with Gasteiger partial charge in [0.2, 0.25) is 0 Å². The quantitative estimate of drug-likeness (QED) is 0.540. The first-order valence-electron chi connectivity index (χ1n) is 6.36. The van der Waals surface area contributed by atoms with Crippen molar-refractivity contribution < 1.29 is 14.6 Å². The number of aliphatic hydroxyl groups is 1. The number of methoxy groups -OCH3 is 1. The number of aliphatic hydroxyl groups excluding tert-OH is 1. The molecule has 0 heterocycles. The normalized spacial score (nSPS) is 11.0. The maximum absolute atomic E-state index is 8.67. The second-order valence-electron chi connectivity index (χ2n) is 4.06. The summed E-state index contributed by atoms with van der Waals surface area (Å²) < 4.78 is 10.4. The monoisotopic (exact) mass is 250 g/mol. The molecule has 1 rings (SSSR count). The molecule has 0 aromatic heterocycles. The minimum absolute atomic E-state index is 0.265. The molecule has 3 nitrogen and oxygen atoms in total. The third-order valence-corrected chi connectivity index (χ3v) is 2.58. The number of rotatable bonds is 9. The highest BCUT2D eigenvalue weighted by Gasteiger charge is 1.98. The fourth-order valence-electron chi connectivity index (χ4n) is 1.63. The summed E-state index contributed by atoms with van der Waals surface area (Å²) in [4.78, 5) is 0. The average molecular weight is 250 g/mol. The Morgan fingerprint density at radius 1 is 1.17 bits per heavy atom. The summed E-state index contributed by atoms with van der Waals surface area (Å²) in [5.74, 6) is 0.839. The van der Waals surface area contributed by atoms with E-state index in [9.17, 15) is 0 Å². The molecule has 0 fully saturated rings. The lowest BCUT2D eigenvalue weighted by molar-refractivity contribution is 0.0510. The summed E-state index contributed by atoms with van der Waals surface area (Å²) in [6, 6.07) is 7.90. The molecule has 0 aliphatic carbocycles. The Morgan fingerprint density at radius 3 is 2.78 bits per heavy atom.